The molecule has 3 N–H and O–H groups in total. The number of para-hydroxylation sites is 2. The van der Waals surface area contributed by atoms with Crippen LogP contribution in [-0.2, 0) is 6.42 Å². The lowest BCUT2D eigenvalue weighted by atomic mass is 10.2. The smallest absolute Gasteiger partial charge is 0.191 e. The molecule has 6 nitrogen and oxygen atoms in total. The predicted octanol–water partition coefficient (Wildman–Crippen LogP) is 3.30. The molecule has 28 heavy (non-hydrogen) atoms. The van der Waals surface area contributed by atoms with Crippen molar-refractivity contribution in [2.24, 2.45) is 4.99 Å². The molecule has 1 unspecified atom stereocenters. The van der Waals surface area contributed by atoms with Gasteiger partial charge in [-0.3, -0.25) is 9.89 Å². The Morgan fingerprint density at radius 2 is 2.07 bits per heavy atom. The fourth-order valence-corrected chi connectivity index (χ4v) is 4.42. The third-order valence-corrected chi connectivity index (χ3v) is 5.80. The molecule has 1 saturated heterocycles. The fraction of sp³-hybridized carbons (Fsp3) is 0.619. The minimum Gasteiger partial charge on any atom is -0.357 e. The lowest BCUT2D eigenvalue weighted by Crippen LogP contribution is -2.45. The normalized spacial score (nSPS) is 21.2. The zero-order valence-corrected chi connectivity index (χ0v) is 19.1. The molecule has 1 aliphatic carbocycles. The van der Waals surface area contributed by atoms with Crippen LogP contribution in [0.3, 0.4) is 0 Å². The maximum atomic E-state index is 4.78. The van der Waals surface area contributed by atoms with E-state index in [0.717, 1.165) is 54.9 Å². The van der Waals surface area contributed by atoms with Crippen LogP contribution in [-0.4, -0.2) is 59.1 Å². The lowest BCUT2D eigenvalue weighted by molar-refractivity contribution is 0.242. The number of aromatic nitrogens is 2. The van der Waals surface area contributed by atoms with Gasteiger partial charge in [0.2, 0.25) is 0 Å². The Labute approximate surface area is 185 Å². The number of benzene rings is 1. The molecule has 2 aliphatic rings. The number of halogens is 1. The van der Waals surface area contributed by atoms with E-state index in [9.17, 15) is 0 Å². The first kappa shape index (κ1) is 21.4. The van der Waals surface area contributed by atoms with Gasteiger partial charge in [-0.1, -0.05) is 25.0 Å². The number of guanidine groups is 1. The summed E-state index contributed by atoms with van der Waals surface area (Å²) in [5.41, 5.74) is 2.12. The van der Waals surface area contributed by atoms with Crippen LogP contribution in [0.1, 0.15) is 44.9 Å². The maximum Gasteiger partial charge on any atom is 0.191 e. The van der Waals surface area contributed by atoms with E-state index in [-0.39, 0.29) is 24.0 Å². The van der Waals surface area contributed by atoms with Gasteiger partial charge in [0.1, 0.15) is 5.82 Å². The van der Waals surface area contributed by atoms with Crippen molar-refractivity contribution in [3.63, 3.8) is 0 Å². The highest BCUT2D eigenvalue weighted by Gasteiger charge is 2.30. The van der Waals surface area contributed by atoms with Gasteiger partial charge < -0.3 is 15.6 Å². The topological polar surface area (TPSA) is 68.3 Å². The van der Waals surface area contributed by atoms with Crippen molar-refractivity contribution in [1.29, 1.82) is 0 Å². The van der Waals surface area contributed by atoms with Crippen LogP contribution in [0.5, 0.6) is 0 Å². The van der Waals surface area contributed by atoms with E-state index >= 15 is 0 Å². The van der Waals surface area contributed by atoms with Crippen molar-refractivity contribution in [3.8, 4) is 0 Å². The summed E-state index contributed by atoms with van der Waals surface area (Å²) < 4.78 is 0. The summed E-state index contributed by atoms with van der Waals surface area (Å²) in [7, 11) is 0. The SMILES string of the molecule is CCNC(=NCCc1nc2ccccc2[nH]1)NC1CCN(C2CCCC2)C1.I. The zero-order valence-electron chi connectivity index (χ0n) is 16.8. The summed E-state index contributed by atoms with van der Waals surface area (Å²) >= 11 is 0. The number of nitrogens with one attached hydrogen (secondary N) is 3. The van der Waals surface area contributed by atoms with Crippen LogP contribution < -0.4 is 10.6 Å². The number of aliphatic imine (C=N–C) groups is 1. The maximum absolute atomic E-state index is 4.78. The number of nitrogens with zero attached hydrogens (tertiary/aromatic N) is 3. The molecule has 0 bridgehead atoms. The largest absolute Gasteiger partial charge is 0.357 e. The van der Waals surface area contributed by atoms with Gasteiger partial charge in [-0.2, -0.15) is 0 Å². The monoisotopic (exact) mass is 496 g/mol. The van der Waals surface area contributed by atoms with Crippen molar-refractivity contribution in [1.82, 2.24) is 25.5 Å². The molecule has 0 amide bonds. The van der Waals surface area contributed by atoms with E-state index in [1.807, 2.05) is 18.2 Å². The predicted molar refractivity (Wildman–Crippen MR) is 127 cm³/mol. The Kier molecular flexibility index (Phi) is 7.96. The Morgan fingerprint density at radius 1 is 1.25 bits per heavy atom. The third kappa shape index (κ3) is 5.37. The molecule has 1 saturated carbocycles. The first-order valence-electron chi connectivity index (χ1n) is 10.5. The van der Waals surface area contributed by atoms with Gasteiger partial charge in [-0.15, -0.1) is 24.0 Å². The van der Waals surface area contributed by atoms with Gasteiger partial charge in [0, 0.05) is 44.7 Å². The first-order valence-corrected chi connectivity index (χ1v) is 10.5. The number of hydrogen-bond donors (Lipinski definition) is 3. The Balaban J connectivity index is 0.00000225. The van der Waals surface area contributed by atoms with Gasteiger partial charge in [-0.05, 0) is 38.3 Å². The molecule has 1 aromatic carbocycles. The van der Waals surface area contributed by atoms with E-state index in [1.165, 1.54) is 38.6 Å². The summed E-state index contributed by atoms with van der Waals surface area (Å²) in [6, 6.07) is 9.50. The molecule has 1 aliphatic heterocycles. The highest BCUT2D eigenvalue weighted by molar-refractivity contribution is 14.0. The van der Waals surface area contributed by atoms with Crippen molar-refractivity contribution < 1.29 is 0 Å². The number of aromatic amines is 1. The second-order valence-electron chi connectivity index (χ2n) is 7.77. The number of imidazole rings is 1. The molecular weight excluding hydrogens is 463 g/mol. The summed E-state index contributed by atoms with van der Waals surface area (Å²) in [5.74, 6) is 1.94. The van der Waals surface area contributed by atoms with Gasteiger partial charge in [0.15, 0.2) is 5.96 Å². The third-order valence-electron chi connectivity index (χ3n) is 5.80. The van der Waals surface area contributed by atoms with Gasteiger partial charge in [-0.25, -0.2) is 4.98 Å². The molecule has 2 fully saturated rings. The number of H-pyrrole nitrogens is 1. The second kappa shape index (κ2) is 10.4. The summed E-state index contributed by atoms with van der Waals surface area (Å²) in [6.45, 7) is 6.11. The van der Waals surface area contributed by atoms with Crippen LogP contribution in [0, 0.1) is 0 Å². The van der Waals surface area contributed by atoms with E-state index in [4.69, 9.17) is 4.99 Å². The van der Waals surface area contributed by atoms with Gasteiger partial charge in [0.05, 0.1) is 11.0 Å². The van der Waals surface area contributed by atoms with E-state index in [1.54, 1.807) is 0 Å². The summed E-state index contributed by atoms with van der Waals surface area (Å²) in [5, 5.41) is 7.05. The van der Waals surface area contributed by atoms with Crippen molar-refractivity contribution in [3.05, 3.63) is 30.1 Å². The number of likely N-dealkylation sites (tertiary alicyclic amines) is 1. The molecule has 1 atom stereocenters. The molecule has 154 valence electrons. The lowest BCUT2D eigenvalue weighted by Gasteiger charge is -2.24. The molecular formula is C21H33IN6. The van der Waals surface area contributed by atoms with Crippen molar-refractivity contribution >= 4 is 41.0 Å². The first-order chi connectivity index (χ1) is 13.3. The van der Waals surface area contributed by atoms with Gasteiger partial charge in [0.25, 0.3) is 0 Å². The van der Waals surface area contributed by atoms with E-state index in [0.29, 0.717) is 6.04 Å². The summed E-state index contributed by atoms with van der Waals surface area (Å²) in [4.78, 5) is 15.5. The van der Waals surface area contributed by atoms with Crippen molar-refractivity contribution in [2.75, 3.05) is 26.2 Å². The Hall–Kier alpha value is -1.35. The quantitative estimate of drug-likeness (QED) is 0.326. The standard InChI is InChI=1S/C21H32N6.HI/c1-2-22-21(24-16-12-14-27(15-16)17-7-3-4-8-17)23-13-11-20-25-18-9-5-6-10-19(18)26-20;/h5-6,9-10,16-17H,2-4,7-8,11-15H2,1H3,(H,25,26)(H2,22,23,24);1H. The fourth-order valence-electron chi connectivity index (χ4n) is 4.42. The van der Waals surface area contributed by atoms with E-state index < -0.39 is 0 Å². The van der Waals surface area contributed by atoms with Crippen LogP contribution >= 0.6 is 24.0 Å². The molecule has 2 heterocycles. The minimum absolute atomic E-state index is 0. The number of hydrogen-bond acceptors (Lipinski definition) is 3. The van der Waals surface area contributed by atoms with Crippen LogP contribution in [0.4, 0.5) is 0 Å². The van der Waals surface area contributed by atoms with Crippen LogP contribution in [0.25, 0.3) is 11.0 Å². The second-order valence-corrected chi connectivity index (χ2v) is 7.77. The molecule has 0 radical (unpaired) electrons. The highest BCUT2D eigenvalue weighted by Crippen LogP contribution is 2.26. The van der Waals surface area contributed by atoms with Crippen LogP contribution in [0.2, 0.25) is 0 Å². The molecule has 1 aromatic heterocycles. The molecule has 0 spiro atoms. The van der Waals surface area contributed by atoms with Crippen molar-refractivity contribution in [2.45, 2.75) is 57.5 Å². The Morgan fingerprint density at radius 3 is 2.86 bits per heavy atom. The average molecular weight is 496 g/mol. The average Bonchev–Trinajstić information content (AvgIpc) is 3.41. The van der Waals surface area contributed by atoms with Gasteiger partial charge >= 0.3 is 0 Å². The number of rotatable bonds is 6. The zero-order chi connectivity index (χ0) is 18.5. The highest BCUT2D eigenvalue weighted by atomic mass is 127. The minimum atomic E-state index is 0. The summed E-state index contributed by atoms with van der Waals surface area (Å²) in [6.07, 6.45) is 7.63. The molecule has 2 aromatic rings. The molecule has 7 heteroatoms. The number of fused-ring (bicyclic) bond motifs is 1. The Bertz CT molecular complexity index is 734. The van der Waals surface area contributed by atoms with E-state index in [2.05, 4.69) is 38.5 Å². The van der Waals surface area contributed by atoms with Crippen LogP contribution in [0.15, 0.2) is 29.3 Å². The molecule has 4 rings (SSSR count).